The molecule has 1 saturated carbocycles. The Bertz CT molecular complexity index is 249. The number of imide groups is 1. The van der Waals surface area contributed by atoms with E-state index >= 15 is 0 Å². The molecular formula is C10H16N2O2. The normalized spacial score (nSPS) is 37.9. The molecule has 1 aliphatic heterocycles. The van der Waals surface area contributed by atoms with Crippen LogP contribution < -0.4 is 10.6 Å². The van der Waals surface area contributed by atoms with E-state index < -0.39 is 0 Å². The average Bonchev–Trinajstić information content (AvgIpc) is 2.09. The van der Waals surface area contributed by atoms with E-state index in [0.29, 0.717) is 6.42 Å². The van der Waals surface area contributed by atoms with Gasteiger partial charge in [0.15, 0.2) is 0 Å². The Morgan fingerprint density at radius 1 is 1.29 bits per heavy atom. The standard InChI is InChI=1S/C10H16N2O2/c1-7-2-4-10(5-3-7)6-8(13)11-9(14)12-10/h7H,2-6H2,1H3,(H2,11,12,13,14). The summed E-state index contributed by atoms with van der Waals surface area (Å²) in [7, 11) is 0. The third-order valence-electron chi connectivity index (χ3n) is 3.36. The number of urea groups is 1. The van der Waals surface area contributed by atoms with Gasteiger partial charge in [0, 0.05) is 0 Å². The SMILES string of the molecule is CC1CCC2(CC1)CC(=O)NC(=O)N2. The smallest absolute Gasteiger partial charge is 0.321 e. The molecule has 2 rings (SSSR count). The Balaban J connectivity index is 2.07. The molecule has 2 fully saturated rings. The van der Waals surface area contributed by atoms with E-state index in [2.05, 4.69) is 17.6 Å². The molecule has 2 N–H and O–H groups in total. The molecule has 1 spiro atoms. The molecule has 0 bridgehead atoms. The summed E-state index contributed by atoms with van der Waals surface area (Å²) < 4.78 is 0. The number of carbonyl (C=O) groups is 2. The Morgan fingerprint density at radius 2 is 1.93 bits per heavy atom. The molecule has 0 aromatic rings. The highest BCUT2D eigenvalue weighted by molar-refractivity contribution is 5.97. The van der Waals surface area contributed by atoms with Gasteiger partial charge in [0.1, 0.15) is 0 Å². The van der Waals surface area contributed by atoms with E-state index in [1.165, 1.54) is 0 Å². The van der Waals surface area contributed by atoms with Gasteiger partial charge in [0.25, 0.3) is 0 Å². The second-order valence-corrected chi connectivity index (χ2v) is 4.64. The van der Waals surface area contributed by atoms with Crippen LogP contribution in [0.1, 0.15) is 39.0 Å². The molecule has 0 unspecified atom stereocenters. The summed E-state index contributed by atoms with van der Waals surface area (Å²) in [6, 6.07) is -0.323. The Kier molecular flexibility index (Phi) is 2.21. The van der Waals surface area contributed by atoms with Crippen molar-refractivity contribution in [2.24, 2.45) is 5.92 Å². The summed E-state index contributed by atoms with van der Waals surface area (Å²) in [5.74, 6) is 0.589. The van der Waals surface area contributed by atoms with E-state index in [-0.39, 0.29) is 17.5 Å². The van der Waals surface area contributed by atoms with Crippen molar-refractivity contribution in [2.45, 2.75) is 44.6 Å². The first-order valence-corrected chi connectivity index (χ1v) is 5.22. The lowest BCUT2D eigenvalue weighted by Gasteiger charge is -2.41. The zero-order valence-corrected chi connectivity index (χ0v) is 8.43. The van der Waals surface area contributed by atoms with Gasteiger partial charge in [-0.25, -0.2) is 4.79 Å². The van der Waals surface area contributed by atoms with Gasteiger partial charge in [-0.15, -0.1) is 0 Å². The van der Waals surface area contributed by atoms with Crippen LogP contribution in [-0.2, 0) is 4.79 Å². The molecule has 14 heavy (non-hydrogen) atoms. The Labute approximate surface area is 83.4 Å². The zero-order valence-electron chi connectivity index (χ0n) is 8.43. The van der Waals surface area contributed by atoms with Crippen molar-refractivity contribution in [2.75, 3.05) is 0 Å². The summed E-state index contributed by atoms with van der Waals surface area (Å²) in [6.07, 6.45) is 4.53. The van der Waals surface area contributed by atoms with E-state index in [0.717, 1.165) is 31.6 Å². The molecule has 3 amide bonds. The fraction of sp³-hybridized carbons (Fsp3) is 0.800. The lowest BCUT2D eigenvalue weighted by molar-refractivity contribution is -0.123. The quantitative estimate of drug-likeness (QED) is 0.611. The number of nitrogens with one attached hydrogen (secondary N) is 2. The predicted molar refractivity (Wildman–Crippen MR) is 51.7 cm³/mol. The van der Waals surface area contributed by atoms with Crippen molar-refractivity contribution >= 4 is 11.9 Å². The van der Waals surface area contributed by atoms with Crippen molar-refractivity contribution in [3.8, 4) is 0 Å². The first-order valence-electron chi connectivity index (χ1n) is 5.22. The number of hydrogen-bond donors (Lipinski definition) is 2. The van der Waals surface area contributed by atoms with Crippen LogP contribution in [0.3, 0.4) is 0 Å². The summed E-state index contributed by atoms with van der Waals surface area (Å²) in [5, 5.41) is 5.18. The molecule has 4 nitrogen and oxygen atoms in total. The van der Waals surface area contributed by atoms with Gasteiger partial charge in [0.2, 0.25) is 5.91 Å². The van der Waals surface area contributed by atoms with Gasteiger partial charge in [-0.3, -0.25) is 10.1 Å². The topological polar surface area (TPSA) is 58.2 Å². The third-order valence-corrected chi connectivity index (χ3v) is 3.36. The van der Waals surface area contributed by atoms with Crippen LogP contribution in [0.2, 0.25) is 0 Å². The molecule has 4 heteroatoms. The highest BCUT2D eigenvalue weighted by Crippen LogP contribution is 2.35. The average molecular weight is 196 g/mol. The van der Waals surface area contributed by atoms with Crippen molar-refractivity contribution in [1.82, 2.24) is 10.6 Å². The first kappa shape index (κ1) is 9.49. The molecule has 0 atom stereocenters. The number of rotatable bonds is 0. The van der Waals surface area contributed by atoms with Crippen LogP contribution in [0.25, 0.3) is 0 Å². The van der Waals surface area contributed by atoms with Crippen molar-refractivity contribution in [1.29, 1.82) is 0 Å². The minimum atomic E-state index is -0.323. The molecule has 1 heterocycles. The van der Waals surface area contributed by atoms with Gasteiger partial charge in [0.05, 0.1) is 12.0 Å². The monoisotopic (exact) mass is 196 g/mol. The molecular weight excluding hydrogens is 180 g/mol. The van der Waals surface area contributed by atoms with Crippen molar-refractivity contribution < 1.29 is 9.59 Å². The Hall–Kier alpha value is -1.06. The van der Waals surface area contributed by atoms with Crippen molar-refractivity contribution in [3.05, 3.63) is 0 Å². The van der Waals surface area contributed by atoms with E-state index in [1.807, 2.05) is 0 Å². The highest BCUT2D eigenvalue weighted by Gasteiger charge is 2.40. The van der Waals surface area contributed by atoms with E-state index in [1.54, 1.807) is 0 Å². The number of hydrogen-bond acceptors (Lipinski definition) is 2. The maximum atomic E-state index is 11.3. The maximum absolute atomic E-state index is 11.3. The molecule has 0 aromatic heterocycles. The van der Waals surface area contributed by atoms with E-state index in [9.17, 15) is 9.59 Å². The van der Waals surface area contributed by atoms with Crippen LogP contribution in [0.4, 0.5) is 4.79 Å². The second-order valence-electron chi connectivity index (χ2n) is 4.64. The molecule has 1 saturated heterocycles. The minimum absolute atomic E-state index is 0.136. The number of amides is 3. The zero-order chi connectivity index (χ0) is 10.2. The van der Waals surface area contributed by atoms with Crippen LogP contribution in [-0.4, -0.2) is 17.5 Å². The van der Waals surface area contributed by atoms with Gasteiger partial charge < -0.3 is 5.32 Å². The van der Waals surface area contributed by atoms with Gasteiger partial charge in [-0.2, -0.15) is 0 Å². The minimum Gasteiger partial charge on any atom is -0.332 e. The maximum Gasteiger partial charge on any atom is 0.321 e. The summed E-state index contributed by atoms with van der Waals surface area (Å²) in [4.78, 5) is 22.4. The second kappa shape index (κ2) is 3.26. The first-order chi connectivity index (χ1) is 6.60. The fourth-order valence-corrected chi connectivity index (χ4v) is 2.41. The highest BCUT2D eigenvalue weighted by atomic mass is 16.2. The lowest BCUT2D eigenvalue weighted by atomic mass is 9.74. The molecule has 78 valence electrons. The van der Waals surface area contributed by atoms with Crippen molar-refractivity contribution in [3.63, 3.8) is 0 Å². The van der Waals surface area contributed by atoms with Crippen LogP contribution >= 0.6 is 0 Å². The molecule has 1 aliphatic carbocycles. The van der Waals surface area contributed by atoms with E-state index in [4.69, 9.17) is 0 Å². The van der Waals surface area contributed by atoms with Gasteiger partial charge >= 0.3 is 6.03 Å². The molecule has 0 aromatic carbocycles. The summed E-state index contributed by atoms with van der Waals surface area (Å²) in [6.45, 7) is 2.22. The van der Waals surface area contributed by atoms with Gasteiger partial charge in [-0.05, 0) is 31.6 Å². The van der Waals surface area contributed by atoms with Crippen LogP contribution in [0, 0.1) is 5.92 Å². The predicted octanol–water partition coefficient (Wildman–Crippen LogP) is 1.16. The van der Waals surface area contributed by atoms with Crippen LogP contribution in [0.15, 0.2) is 0 Å². The van der Waals surface area contributed by atoms with Gasteiger partial charge in [-0.1, -0.05) is 6.92 Å². The lowest BCUT2D eigenvalue weighted by Crippen LogP contribution is -2.61. The fourth-order valence-electron chi connectivity index (χ4n) is 2.41. The number of carbonyl (C=O) groups excluding carboxylic acids is 2. The molecule has 0 radical (unpaired) electrons. The largest absolute Gasteiger partial charge is 0.332 e. The Morgan fingerprint density at radius 3 is 2.50 bits per heavy atom. The summed E-state index contributed by atoms with van der Waals surface area (Å²) in [5.41, 5.74) is -0.230. The molecule has 2 aliphatic rings. The third kappa shape index (κ3) is 1.74. The summed E-state index contributed by atoms with van der Waals surface area (Å²) >= 11 is 0. The van der Waals surface area contributed by atoms with Crippen LogP contribution in [0.5, 0.6) is 0 Å².